The first-order valence-electron chi connectivity index (χ1n) is 3.93. The molecule has 1 heterocycles. The van der Waals surface area contributed by atoms with Gasteiger partial charge in [0.1, 0.15) is 0 Å². The predicted octanol–water partition coefficient (Wildman–Crippen LogP) is 2.54. The van der Waals surface area contributed by atoms with Gasteiger partial charge in [0.15, 0.2) is 0 Å². The van der Waals surface area contributed by atoms with Gasteiger partial charge in [-0.25, -0.2) is 4.98 Å². The fourth-order valence-corrected chi connectivity index (χ4v) is 1.84. The summed E-state index contributed by atoms with van der Waals surface area (Å²) >= 11 is 11.9. The van der Waals surface area contributed by atoms with Crippen LogP contribution in [0.5, 0.6) is 0 Å². The molecular weight excluding hydrogens is 223 g/mol. The molecule has 1 N–H and O–H groups in total. The average Bonchev–Trinajstić information content (AvgIpc) is 2.14. The molecule has 72 valence electrons. The van der Waals surface area contributed by atoms with E-state index in [1.54, 1.807) is 13.0 Å². The molecule has 0 atom stereocenters. The third kappa shape index (κ3) is 1.29. The summed E-state index contributed by atoms with van der Waals surface area (Å²) in [5, 5.41) is 1.19. The fourth-order valence-electron chi connectivity index (χ4n) is 1.30. The van der Waals surface area contributed by atoms with Crippen molar-refractivity contribution in [3.8, 4) is 0 Å². The van der Waals surface area contributed by atoms with Crippen LogP contribution in [-0.2, 0) is 0 Å². The summed E-state index contributed by atoms with van der Waals surface area (Å²) < 4.78 is 0. The molecule has 0 fully saturated rings. The highest BCUT2D eigenvalue weighted by Crippen LogP contribution is 2.28. The SMILES string of the molecule is Cc1cc(Cl)c2nc[nH]c(=O)c2c1Cl. The molecule has 3 nitrogen and oxygen atoms in total. The molecule has 5 heteroatoms. The summed E-state index contributed by atoms with van der Waals surface area (Å²) in [5.74, 6) is 0. The van der Waals surface area contributed by atoms with Crippen LogP contribution in [0.1, 0.15) is 5.56 Å². The second-order valence-electron chi connectivity index (χ2n) is 2.94. The second-order valence-corrected chi connectivity index (χ2v) is 3.73. The van der Waals surface area contributed by atoms with Gasteiger partial charge >= 0.3 is 0 Å². The Labute approximate surface area is 89.7 Å². The van der Waals surface area contributed by atoms with Gasteiger partial charge in [0.25, 0.3) is 5.56 Å². The van der Waals surface area contributed by atoms with E-state index in [0.29, 0.717) is 20.9 Å². The molecule has 0 spiro atoms. The number of H-pyrrole nitrogens is 1. The Morgan fingerprint density at radius 1 is 1.43 bits per heavy atom. The van der Waals surface area contributed by atoms with Crippen LogP contribution >= 0.6 is 23.2 Å². The van der Waals surface area contributed by atoms with Crippen LogP contribution in [0.25, 0.3) is 10.9 Å². The van der Waals surface area contributed by atoms with Gasteiger partial charge in [-0.2, -0.15) is 0 Å². The number of aryl methyl sites for hydroxylation is 1. The predicted molar refractivity (Wildman–Crippen MR) is 57.1 cm³/mol. The molecule has 0 aliphatic heterocycles. The topological polar surface area (TPSA) is 45.8 Å². The molecular formula is C9H6Cl2N2O. The highest BCUT2D eigenvalue weighted by Gasteiger charge is 2.10. The molecule has 2 aromatic rings. The first-order valence-corrected chi connectivity index (χ1v) is 4.69. The number of benzene rings is 1. The van der Waals surface area contributed by atoms with Crippen molar-refractivity contribution < 1.29 is 0 Å². The van der Waals surface area contributed by atoms with Crippen LogP contribution in [0.15, 0.2) is 17.2 Å². The maximum absolute atomic E-state index is 11.5. The Bertz CT molecular complexity index is 562. The Kier molecular flexibility index (Phi) is 2.21. The molecule has 1 aromatic heterocycles. The van der Waals surface area contributed by atoms with E-state index < -0.39 is 0 Å². The van der Waals surface area contributed by atoms with Gasteiger partial charge < -0.3 is 4.98 Å². The quantitative estimate of drug-likeness (QED) is 0.754. The first-order chi connectivity index (χ1) is 6.61. The van der Waals surface area contributed by atoms with E-state index >= 15 is 0 Å². The van der Waals surface area contributed by atoms with E-state index in [4.69, 9.17) is 23.2 Å². The van der Waals surface area contributed by atoms with Gasteiger partial charge in [-0.15, -0.1) is 0 Å². The van der Waals surface area contributed by atoms with Crippen molar-refractivity contribution in [3.63, 3.8) is 0 Å². The van der Waals surface area contributed by atoms with Crippen molar-refractivity contribution in [3.05, 3.63) is 38.4 Å². The standard InChI is InChI=1S/C9H6Cl2N2O/c1-4-2-5(10)8-6(7(4)11)9(14)13-3-12-8/h2-3H,1H3,(H,12,13,14). The highest BCUT2D eigenvalue weighted by molar-refractivity contribution is 6.40. The van der Waals surface area contributed by atoms with Crippen LogP contribution < -0.4 is 5.56 Å². The van der Waals surface area contributed by atoms with Crippen LogP contribution in [0.3, 0.4) is 0 Å². The average molecular weight is 229 g/mol. The van der Waals surface area contributed by atoms with Gasteiger partial charge in [0.2, 0.25) is 0 Å². The molecule has 0 saturated carbocycles. The van der Waals surface area contributed by atoms with Gasteiger partial charge in [0, 0.05) is 0 Å². The van der Waals surface area contributed by atoms with E-state index in [1.807, 2.05) is 0 Å². The Morgan fingerprint density at radius 3 is 2.86 bits per heavy atom. The third-order valence-corrected chi connectivity index (χ3v) is 2.76. The summed E-state index contributed by atoms with van der Waals surface area (Å²) in [6.45, 7) is 1.79. The third-order valence-electron chi connectivity index (χ3n) is 1.99. The molecule has 0 bridgehead atoms. The van der Waals surface area contributed by atoms with E-state index in [0.717, 1.165) is 5.56 Å². The van der Waals surface area contributed by atoms with Crippen molar-refractivity contribution >= 4 is 34.1 Å². The zero-order chi connectivity index (χ0) is 10.3. The maximum Gasteiger partial charge on any atom is 0.260 e. The lowest BCUT2D eigenvalue weighted by atomic mass is 10.1. The van der Waals surface area contributed by atoms with Crippen molar-refractivity contribution in [2.45, 2.75) is 6.92 Å². The molecule has 0 aliphatic rings. The highest BCUT2D eigenvalue weighted by atomic mass is 35.5. The lowest BCUT2D eigenvalue weighted by Crippen LogP contribution is -2.07. The first kappa shape index (κ1) is 9.49. The number of hydrogen-bond acceptors (Lipinski definition) is 2. The molecule has 14 heavy (non-hydrogen) atoms. The van der Waals surface area contributed by atoms with E-state index in [9.17, 15) is 4.79 Å². The van der Waals surface area contributed by atoms with Crippen LogP contribution in [0.4, 0.5) is 0 Å². The fraction of sp³-hybridized carbons (Fsp3) is 0.111. The summed E-state index contributed by atoms with van der Waals surface area (Å²) in [6, 6.07) is 1.69. The zero-order valence-corrected chi connectivity index (χ0v) is 8.78. The lowest BCUT2D eigenvalue weighted by Gasteiger charge is -2.03. The summed E-state index contributed by atoms with van der Waals surface area (Å²) in [5.41, 5.74) is 0.930. The monoisotopic (exact) mass is 228 g/mol. The lowest BCUT2D eigenvalue weighted by molar-refractivity contribution is 1.17. The number of aromatic nitrogens is 2. The molecule has 0 aliphatic carbocycles. The van der Waals surface area contributed by atoms with Gasteiger partial charge in [-0.3, -0.25) is 4.79 Å². The molecule has 0 amide bonds. The van der Waals surface area contributed by atoms with E-state index in [2.05, 4.69) is 9.97 Å². The van der Waals surface area contributed by atoms with Crippen molar-refractivity contribution in [1.82, 2.24) is 9.97 Å². The number of aromatic amines is 1. The molecule has 0 unspecified atom stereocenters. The van der Waals surface area contributed by atoms with Crippen LogP contribution in [0, 0.1) is 6.92 Å². The smallest absolute Gasteiger partial charge is 0.260 e. The zero-order valence-electron chi connectivity index (χ0n) is 7.27. The summed E-state index contributed by atoms with van der Waals surface area (Å²) in [4.78, 5) is 17.9. The number of fused-ring (bicyclic) bond motifs is 1. The van der Waals surface area contributed by atoms with Crippen LogP contribution in [0.2, 0.25) is 10.0 Å². The number of rotatable bonds is 0. The van der Waals surface area contributed by atoms with Crippen molar-refractivity contribution in [2.75, 3.05) is 0 Å². The molecule has 0 saturated heterocycles. The normalized spacial score (nSPS) is 10.8. The number of hydrogen-bond donors (Lipinski definition) is 1. The summed E-state index contributed by atoms with van der Waals surface area (Å²) in [6.07, 6.45) is 1.31. The van der Waals surface area contributed by atoms with Crippen molar-refractivity contribution in [2.24, 2.45) is 0 Å². The Hall–Kier alpha value is -1.06. The van der Waals surface area contributed by atoms with Crippen molar-refractivity contribution in [1.29, 1.82) is 0 Å². The molecule has 0 radical (unpaired) electrons. The largest absolute Gasteiger partial charge is 0.313 e. The minimum atomic E-state index is -0.273. The molecule has 1 aromatic carbocycles. The Balaban J connectivity index is 3.11. The van der Waals surface area contributed by atoms with Gasteiger partial charge in [-0.1, -0.05) is 23.2 Å². The number of nitrogens with zero attached hydrogens (tertiary/aromatic N) is 1. The van der Waals surface area contributed by atoms with Gasteiger partial charge in [-0.05, 0) is 18.6 Å². The van der Waals surface area contributed by atoms with Gasteiger partial charge in [0.05, 0.1) is 27.3 Å². The minimum Gasteiger partial charge on any atom is -0.313 e. The molecule has 2 rings (SSSR count). The maximum atomic E-state index is 11.5. The number of nitrogens with one attached hydrogen (secondary N) is 1. The van der Waals surface area contributed by atoms with Crippen LogP contribution in [-0.4, -0.2) is 9.97 Å². The number of halogens is 2. The van der Waals surface area contributed by atoms with E-state index in [-0.39, 0.29) is 5.56 Å². The van der Waals surface area contributed by atoms with E-state index in [1.165, 1.54) is 6.33 Å². The summed E-state index contributed by atoms with van der Waals surface area (Å²) in [7, 11) is 0. The minimum absolute atomic E-state index is 0.273. The Morgan fingerprint density at radius 2 is 2.14 bits per heavy atom. The second kappa shape index (κ2) is 3.26.